The van der Waals surface area contributed by atoms with Crippen molar-refractivity contribution in [2.24, 2.45) is 0 Å². The minimum Gasteiger partial charge on any atom is -0.493 e. The Morgan fingerprint density at radius 3 is 2.44 bits per heavy atom. The van der Waals surface area contributed by atoms with Gasteiger partial charge in [0.1, 0.15) is 0 Å². The van der Waals surface area contributed by atoms with Gasteiger partial charge in [-0.2, -0.15) is 8.78 Å². The second-order valence-corrected chi connectivity index (χ2v) is 5.55. The monoisotopic (exact) mass is 381 g/mol. The van der Waals surface area contributed by atoms with E-state index in [-0.39, 0.29) is 28.4 Å². The zero-order valence-electron chi connectivity index (χ0n) is 14.7. The van der Waals surface area contributed by atoms with Crippen molar-refractivity contribution in [3.05, 3.63) is 52.1 Å². The molecule has 2 rings (SSSR count). The number of carbonyl (C=O) groups is 1. The van der Waals surface area contributed by atoms with Gasteiger partial charge in [-0.15, -0.1) is 0 Å². The number of nitro groups is 1. The van der Waals surface area contributed by atoms with Crippen LogP contribution in [0, 0.1) is 10.1 Å². The van der Waals surface area contributed by atoms with Gasteiger partial charge in [0.25, 0.3) is 11.6 Å². The van der Waals surface area contributed by atoms with Gasteiger partial charge in [-0.1, -0.05) is 0 Å². The lowest BCUT2D eigenvalue weighted by atomic mass is 10.1. The van der Waals surface area contributed by atoms with Crippen LogP contribution in [-0.4, -0.2) is 38.6 Å². The molecule has 2 aromatic carbocycles. The number of nitrogens with zero attached hydrogens (tertiary/aromatic N) is 2. The van der Waals surface area contributed by atoms with Crippen molar-refractivity contribution in [3.8, 4) is 11.5 Å². The third-order valence-electron chi connectivity index (χ3n) is 3.55. The molecule has 2 aromatic rings. The Labute approximate surface area is 153 Å². The Morgan fingerprint density at radius 1 is 1.19 bits per heavy atom. The van der Waals surface area contributed by atoms with Gasteiger partial charge in [0, 0.05) is 43.7 Å². The Morgan fingerprint density at radius 2 is 1.89 bits per heavy atom. The Kier molecular flexibility index (Phi) is 6.11. The molecule has 0 heterocycles. The number of non-ortho nitro benzene ring substituents is 1. The van der Waals surface area contributed by atoms with Gasteiger partial charge in [-0.05, 0) is 18.2 Å². The third kappa shape index (κ3) is 4.81. The summed E-state index contributed by atoms with van der Waals surface area (Å²) in [4.78, 5) is 24.6. The number of alkyl halides is 2. The van der Waals surface area contributed by atoms with E-state index in [1.807, 2.05) is 0 Å². The summed E-state index contributed by atoms with van der Waals surface area (Å²) in [6.07, 6.45) is 0. The van der Waals surface area contributed by atoms with E-state index in [2.05, 4.69) is 10.1 Å². The minimum atomic E-state index is -3.07. The maximum Gasteiger partial charge on any atom is 0.387 e. The highest BCUT2D eigenvalue weighted by Crippen LogP contribution is 2.32. The zero-order chi connectivity index (χ0) is 20.1. The Balaban J connectivity index is 2.36. The van der Waals surface area contributed by atoms with E-state index in [4.69, 9.17) is 4.74 Å². The first-order valence-electron chi connectivity index (χ1n) is 7.63. The zero-order valence-corrected chi connectivity index (χ0v) is 14.7. The summed E-state index contributed by atoms with van der Waals surface area (Å²) >= 11 is 0. The lowest BCUT2D eigenvalue weighted by molar-refractivity contribution is -0.384. The fourth-order valence-electron chi connectivity index (χ4n) is 2.35. The van der Waals surface area contributed by atoms with Crippen molar-refractivity contribution < 1.29 is 28.0 Å². The van der Waals surface area contributed by atoms with Crippen LogP contribution < -0.4 is 19.7 Å². The van der Waals surface area contributed by atoms with E-state index in [1.165, 1.54) is 37.4 Å². The lowest BCUT2D eigenvalue weighted by Crippen LogP contribution is -2.19. The first-order chi connectivity index (χ1) is 12.7. The summed E-state index contributed by atoms with van der Waals surface area (Å²) < 4.78 is 34.3. The SMILES string of the molecule is COc1ccc(NC(=O)c2cc([N+](=O)[O-])ccc2N(C)C)cc1OC(F)F. The molecule has 0 aliphatic rings. The van der Waals surface area contributed by atoms with Crippen molar-refractivity contribution >= 4 is 23.0 Å². The molecule has 1 N–H and O–H groups in total. The van der Waals surface area contributed by atoms with Crippen molar-refractivity contribution in [3.63, 3.8) is 0 Å². The fourth-order valence-corrected chi connectivity index (χ4v) is 2.35. The van der Waals surface area contributed by atoms with Crippen LogP contribution in [0.15, 0.2) is 36.4 Å². The fraction of sp³-hybridized carbons (Fsp3) is 0.235. The molecule has 0 aromatic heterocycles. The number of methoxy groups -OCH3 is 1. The van der Waals surface area contributed by atoms with E-state index in [0.717, 1.165) is 6.07 Å². The quantitative estimate of drug-likeness (QED) is 0.583. The molecule has 0 unspecified atom stereocenters. The van der Waals surface area contributed by atoms with Gasteiger partial charge < -0.3 is 19.7 Å². The van der Waals surface area contributed by atoms with Crippen LogP contribution in [0.1, 0.15) is 10.4 Å². The number of benzene rings is 2. The molecule has 0 bridgehead atoms. The molecule has 27 heavy (non-hydrogen) atoms. The highest BCUT2D eigenvalue weighted by Gasteiger charge is 2.19. The lowest BCUT2D eigenvalue weighted by Gasteiger charge is -2.17. The molecule has 0 aliphatic heterocycles. The number of hydrogen-bond donors (Lipinski definition) is 1. The molecule has 10 heteroatoms. The number of halogens is 2. The number of ether oxygens (including phenoxy) is 2. The van der Waals surface area contributed by atoms with Crippen LogP contribution >= 0.6 is 0 Å². The van der Waals surface area contributed by atoms with Gasteiger partial charge in [-0.25, -0.2) is 0 Å². The summed E-state index contributed by atoms with van der Waals surface area (Å²) in [6, 6.07) is 7.84. The van der Waals surface area contributed by atoms with Crippen LogP contribution in [0.2, 0.25) is 0 Å². The molecule has 0 fully saturated rings. The second kappa shape index (κ2) is 8.30. The van der Waals surface area contributed by atoms with Gasteiger partial charge in [0.05, 0.1) is 17.6 Å². The summed E-state index contributed by atoms with van der Waals surface area (Å²) in [7, 11) is 4.65. The number of anilines is 2. The van der Waals surface area contributed by atoms with E-state index in [1.54, 1.807) is 19.0 Å². The maximum absolute atomic E-state index is 12.6. The smallest absolute Gasteiger partial charge is 0.387 e. The number of hydrogen-bond acceptors (Lipinski definition) is 6. The molecular weight excluding hydrogens is 364 g/mol. The Hall–Kier alpha value is -3.43. The highest BCUT2D eigenvalue weighted by molar-refractivity contribution is 6.08. The number of amides is 1. The summed E-state index contributed by atoms with van der Waals surface area (Å²) in [5.74, 6) is -0.828. The summed E-state index contributed by atoms with van der Waals surface area (Å²) in [5, 5.41) is 13.5. The molecule has 0 radical (unpaired) electrons. The van der Waals surface area contributed by atoms with Crippen molar-refractivity contribution in [2.45, 2.75) is 6.61 Å². The molecule has 144 valence electrons. The van der Waals surface area contributed by atoms with Crippen molar-refractivity contribution in [2.75, 3.05) is 31.4 Å². The number of rotatable bonds is 7. The molecule has 0 saturated heterocycles. The van der Waals surface area contributed by atoms with Gasteiger partial charge in [0.2, 0.25) is 0 Å². The second-order valence-electron chi connectivity index (χ2n) is 5.55. The molecule has 1 amide bonds. The molecule has 0 spiro atoms. The molecule has 0 atom stereocenters. The average molecular weight is 381 g/mol. The summed E-state index contributed by atoms with van der Waals surface area (Å²) in [5.41, 5.74) is 0.423. The predicted molar refractivity (Wildman–Crippen MR) is 95.0 cm³/mol. The van der Waals surface area contributed by atoms with Gasteiger partial charge in [-0.3, -0.25) is 14.9 Å². The van der Waals surface area contributed by atoms with Crippen LogP contribution in [0.5, 0.6) is 11.5 Å². The predicted octanol–water partition coefficient (Wildman–Crippen LogP) is 3.52. The number of nitro benzene ring substituents is 1. The number of carbonyl (C=O) groups excluding carboxylic acids is 1. The maximum atomic E-state index is 12.6. The highest BCUT2D eigenvalue weighted by atomic mass is 19.3. The minimum absolute atomic E-state index is 0.0568. The van der Waals surface area contributed by atoms with Crippen LogP contribution in [0.3, 0.4) is 0 Å². The van der Waals surface area contributed by atoms with Gasteiger partial charge in [0.15, 0.2) is 11.5 Å². The van der Waals surface area contributed by atoms with E-state index in [9.17, 15) is 23.7 Å². The first kappa shape index (κ1) is 19.9. The molecule has 0 saturated carbocycles. The first-order valence-corrected chi connectivity index (χ1v) is 7.63. The summed E-state index contributed by atoms with van der Waals surface area (Å²) in [6.45, 7) is -3.07. The van der Waals surface area contributed by atoms with E-state index >= 15 is 0 Å². The van der Waals surface area contributed by atoms with E-state index < -0.39 is 17.4 Å². The number of nitrogens with one attached hydrogen (secondary N) is 1. The molecule has 8 nitrogen and oxygen atoms in total. The largest absolute Gasteiger partial charge is 0.493 e. The standard InChI is InChI=1S/C17H17F2N3O5/c1-21(2)13-6-5-11(22(24)25)9-12(13)16(23)20-10-4-7-14(26-3)15(8-10)27-17(18)19/h4-9,17H,1-3H3,(H,20,23). The van der Waals surface area contributed by atoms with Gasteiger partial charge >= 0.3 is 6.61 Å². The Bertz CT molecular complexity index is 858. The van der Waals surface area contributed by atoms with Crippen LogP contribution in [0.25, 0.3) is 0 Å². The van der Waals surface area contributed by atoms with Crippen molar-refractivity contribution in [1.82, 2.24) is 0 Å². The van der Waals surface area contributed by atoms with Crippen molar-refractivity contribution in [1.29, 1.82) is 0 Å². The van der Waals surface area contributed by atoms with Crippen LogP contribution in [0.4, 0.5) is 25.8 Å². The van der Waals surface area contributed by atoms with E-state index in [0.29, 0.717) is 5.69 Å². The topological polar surface area (TPSA) is 93.9 Å². The third-order valence-corrected chi connectivity index (χ3v) is 3.55. The average Bonchev–Trinajstić information content (AvgIpc) is 2.60. The molecule has 0 aliphatic carbocycles. The normalized spacial score (nSPS) is 10.4. The molecular formula is C17H17F2N3O5. The van der Waals surface area contributed by atoms with Crippen LogP contribution in [-0.2, 0) is 0 Å².